The van der Waals surface area contributed by atoms with Gasteiger partial charge in [-0.05, 0) is 99.6 Å². The summed E-state index contributed by atoms with van der Waals surface area (Å²) in [6.45, 7) is 0. The molecule has 10 aromatic carbocycles. The quantitative estimate of drug-likeness (QED) is 0.153. The summed E-state index contributed by atoms with van der Waals surface area (Å²) >= 11 is 0. The van der Waals surface area contributed by atoms with E-state index in [9.17, 15) is 0 Å². The average Bonchev–Trinajstić information content (AvgIpc) is 3.91. The van der Waals surface area contributed by atoms with Crippen molar-refractivity contribution in [2.45, 2.75) is 0 Å². The zero-order valence-corrected chi connectivity index (χ0v) is 34.4. The average molecular weight is 805 g/mol. The molecule has 0 bridgehead atoms. The Balaban J connectivity index is 0.938. The highest BCUT2D eigenvalue weighted by molar-refractivity contribution is 6.15. The zero-order valence-electron chi connectivity index (χ0n) is 34.4. The highest BCUT2D eigenvalue weighted by Crippen LogP contribution is 2.42. The lowest BCUT2D eigenvalue weighted by Gasteiger charge is -2.26. The van der Waals surface area contributed by atoms with Crippen molar-refractivity contribution in [1.82, 2.24) is 4.57 Å². The number of benzene rings is 10. The predicted molar refractivity (Wildman–Crippen MR) is 264 cm³/mol. The van der Waals surface area contributed by atoms with E-state index in [0.717, 1.165) is 78.0 Å². The molecule has 296 valence electrons. The van der Waals surface area contributed by atoms with Gasteiger partial charge >= 0.3 is 0 Å². The van der Waals surface area contributed by atoms with E-state index in [2.05, 4.69) is 252 Å². The highest BCUT2D eigenvalue weighted by atomic mass is 16.3. The molecule has 0 radical (unpaired) electrons. The fourth-order valence-electron chi connectivity index (χ4n) is 9.36. The third-order valence-corrected chi connectivity index (χ3v) is 12.4. The summed E-state index contributed by atoms with van der Waals surface area (Å²) in [5, 5.41) is 4.62. The zero-order chi connectivity index (χ0) is 41.7. The molecule has 0 atom stereocenters. The molecule has 0 N–H and O–H groups in total. The van der Waals surface area contributed by atoms with Gasteiger partial charge in [-0.2, -0.15) is 0 Å². The van der Waals surface area contributed by atoms with Crippen molar-refractivity contribution in [3.63, 3.8) is 0 Å². The van der Waals surface area contributed by atoms with E-state index in [1.165, 1.54) is 33.0 Å². The molecular formula is C60H40N2O. The number of anilines is 3. The van der Waals surface area contributed by atoms with Crippen molar-refractivity contribution < 1.29 is 4.42 Å². The molecule has 3 heteroatoms. The Hall–Kier alpha value is -8.40. The summed E-state index contributed by atoms with van der Waals surface area (Å²) in [7, 11) is 0. The third kappa shape index (κ3) is 6.38. The monoisotopic (exact) mass is 804 g/mol. The van der Waals surface area contributed by atoms with Gasteiger partial charge in [0.1, 0.15) is 5.58 Å². The molecule has 0 amide bonds. The van der Waals surface area contributed by atoms with Crippen molar-refractivity contribution in [1.29, 1.82) is 0 Å². The van der Waals surface area contributed by atoms with E-state index in [1.54, 1.807) is 0 Å². The molecule has 0 saturated heterocycles. The number of nitrogens with zero attached hydrogens (tertiary/aromatic N) is 2. The van der Waals surface area contributed by atoms with E-state index in [-0.39, 0.29) is 0 Å². The van der Waals surface area contributed by atoms with Crippen molar-refractivity contribution in [3.05, 3.63) is 243 Å². The second kappa shape index (κ2) is 15.3. The van der Waals surface area contributed by atoms with E-state index in [1.807, 2.05) is 0 Å². The maximum atomic E-state index is 6.91. The van der Waals surface area contributed by atoms with Crippen LogP contribution in [0.3, 0.4) is 0 Å². The van der Waals surface area contributed by atoms with Crippen LogP contribution in [0.5, 0.6) is 0 Å². The third-order valence-electron chi connectivity index (χ3n) is 12.4. The van der Waals surface area contributed by atoms with Crippen LogP contribution in [0.25, 0.3) is 93.9 Å². The van der Waals surface area contributed by atoms with Crippen molar-refractivity contribution in [3.8, 4) is 50.2 Å². The molecule has 12 rings (SSSR count). The van der Waals surface area contributed by atoms with Gasteiger partial charge in [0.05, 0.1) is 16.7 Å². The Kier molecular flexibility index (Phi) is 8.83. The minimum Gasteiger partial charge on any atom is -0.453 e. The van der Waals surface area contributed by atoms with Crippen LogP contribution < -0.4 is 4.90 Å². The molecule has 0 aliphatic rings. The Morgan fingerprint density at radius 1 is 0.286 bits per heavy atom. The second-order valence-electron chi connectivity index (χ2n) is 16.1. The van der Waals surface area contributed by atoms with E-state index >= 15 is 0 Å². The number of furan rings is 1. The molecule has 0 fully saturated rings. The van der Waals surface area contributed by atoms with Crippen LogP contribution in [0.4, 0.5) is 17.1 Å². The summed E-state index contributed by atoms with van der Waals surface area (Å²) in [6.07, 6.45) is 0. The maximum Gasteiger partial charge on any atom is 0.159 e. The molecule has 0 aliphatic carbocycles. The summed E-state index contributed by atoms with van der Waals surface area (Å²) in [4.78, 5) is 2.34. The lowest BCUT2D eigenvalue weighted by molar-refractivity contribution is 0.667. The standard InChI is InChI=1S/C60H40N2O/c1-4-14-41(15-5-1)43-26-33-48(34-27-43)61(49-35-28-44(29-36-49)42-16-6-2-7-17-42)50-37-30-45(31-38-50)47-32-39-57-55(40-47)52-20-10-11-24-56(52)62(57)58-25-13-23-54-53-22-12-21-51(59(53)63-60(54)58)46-18-8-3-9-19-46/h1-40H. The smallest absolute Gasteiger partial charge is 0.159 e. The minimum atomic E-state index is 0.882. The van der Waals surface area contributed by atoms with Crippen molar-refractivity contribution >= 4 is 60.8 Å². The molecule has 12 aromatic rings. The number of hydrogen-bond acceptors (Lipinski definition) is 2. The highest BCUT2D eigenvalue weighted by Gasteiger charge is 2.20. The Morgan fingerprint density at radius 2 is 0.714 bits per heavy atom. The van der Waals surface area contributed by atoms with Crippen LogP contribution in [0, 0.1) is 0 Å². The van der Waals surface area contributed by atoms with Gasteiger partial charge in [-0.15, -0.1) is 0 Å². The first-order valence-electron chi connectivity index (χ1n) is 21.5. The molecular weight excluding hydrogens is 765 g/mol. The van der Waals surface area contributed by atoms with Gasteiger partial charge in [0.25, 0.3) is 0 Å². The first-order chi connectivity index (χ1) is 31.2. The van der Waals surface area contributed by atoms with Gasteiger partial charge in [0.2, 0.25) is 0 Å². The van der Waals surface area contributed by atoms with Crippen LogP contribution in [-0.4, -0.2) is 4.57 Å². The molecule has 0 saturated carbocycles. The van der Waals surface area contributed by atoms with E-state index in [0.29, 0.717) is 0 Å². The van der Waals surface area contributed by atoms with Crippen LogP contribution >= 0.6 is 0 Å². The summed E-state index contributed by atoms with van der Waals surface area (Å²) < 4.78 is 9.27. The molecule has 2 heterocycles. The lowest BCUT2D eigenvalue weighted by Crippen LogP contribution is -2.09. The van der Waals surface area contributed by atoms with Gasteiger partial charge < -0.3 is 13.9 Å². The molecule has 63 heavy (non-hydrogen) atoms. The fraction of sp³-hybridized carbons (Fsp3) is 0. The predicted octanol–water partition coefficient (Wildman–Crippen LogP) is 16.8. The fourth-order valence-corrected chi connectivity index (χ4v) is 9.36. The van der Waals surface area contributed by atoms with Crippen molar-refractivity contribution in [2.24, 2.45) is 0 Å². The number of hydrogen-bond donors (Lipinski definition) is 0. The normalized spacial score (nSPS) is 11.5. The van der Waals surface area contributed by atoms with Gasteiger partial charge in [-0.1, -0.05) is 182 Å². The van der Waals surface area contributed by atoms with Crippen molar-refractivity contribution in [2.75, 3.05) is 4.90 Å². The van der Waals surface area contributed by atoms with Gasteiger partial charge in [-0.25, -0.2) is 0 Å². The SMILES string of the molecule is c1ccc(-c2ccc(N(c3ccc(-c4ccccc4)cc3)c3ccc(-c4ccc5c(c4)c4ccccc4n5-c4cccc5c4oc4c(-c6ccccc6)cccc45)cc3)cc2)cc1. The minimum absolute atomic E-state index is 0.882. The molecule has 0 aliphatic heterocycles. The maximum absolute atomic E-state index is 6.91. The summed E-state index contributed by atoms with van der Waals surface area (Å²) in [5.41, 5.74) is 17.7. The Labute approximate surface area is 366 Å². The molecule has 3 nitrogen and oxygen atoms in total. The largest absolute Gasteiger partial charge is 0.453 e. The van der Waals surface area contributed by atoms with Crippen LogP contribution in [0.15, 0.2) is 247 Å². The number of para-hydroxylation sites is 3. The summed E-state index contributed by atoms with van der Waals surface area (Å²) in [5.74, 6) is 0. The molecule has 0 spiro atoms. The Morgan fingerprint density at radius 3 is 1.30 bits per heavy atom. The molecule has 0 unspecified atom stereocenters. The first kappa shape index (κ1) is 36.5. The molecule has 2 aromatic heterocycles. The number of rotatable bonds is 8. The topological polar surface area (TPSA) is 21.3 Å². The number of aromatic nitrogens is 1. The van der Waals surface area contributed by atoms with Gasteiger partial charge in [0, 0.05) is 44.2 Å². The van der Waals surface area contributed by atoms with E-state index < -0.39 is 0 Å². The second-order valence-corrected chi connectivity index (χ2v) is 16.1. The first-order valence-corrected chi connectivity index (χ1v) is 21.5. The Bertz CT molecular complexity index is 3490. The van der Waals surface area contributed by atoms with Crippen LogP contribution in [-0.2, 0) is 0 Å². The number of fused-ring (bicyclic) bond motifs is 6. The van der Waals surface area contributed by atoms with Crippen LogP contribution in [0.2, 0.25) is 0 Å². The van der Waals surface area contributed by atoms with Gasteiger partial charge in [-0.3, -0.25) is 0 Å². The summed E-state index contributed by atoms with van der Waals surface area (Å²) in [6, 6.07) is 86.9. The van der Waals surface area contributed by atoms with E-state index in [4.69, 9.17) is 4.42 Å². The van der Waals surface area contributed by atoms with Gasteiger partial charge in [0.15, 0.2) is 5.58 Å². The van der Waals surface area contributed by atoms with Crippen LogP contribution in [0.1, 0.15) is 0 Å². The lowest BCUT2D eigenvalue weighted by atomic mass is 10.0.